The van der Waals surface area contributed by atoms with E-state index in [0.29, 0.717) is 0 Å². The first-order valence-corrected chi connectivity index (χ1v) is 11.8. The quantitative estimate of drug-likeness (QED) is 0.181. The lowest BCUT2D eigenvalue weighted by atomic mass is 9.89. The lowest BCUT2D eigenvalue weighted by Gasteiger charge is -2.21. The molecule has 4 aromatic rings. The van der Waals surface area contributed by atoms with Crippen LogP contribution in [0.3, 0.4) is 0 Å². The zero-order chi connectivity index (χ0) is 23.8. The molecule has 1 heterocycles. The number of hydrogen-bond donors (Lipinski definition) is 0. The van der Waals surface area contributed by atoms with Gasteiger partial charge in [-0.15, -0.1) is 5.10 Å². The first-order chi connectivity index (χ1) is 16.5. The van der Waals surface area contributed by atoms with Gasteiger partial charge in [0.15, 0.2) is 0 Å². The zero-order valence-electron chi connectivity index (χ0n) is 20.0. The third kappa shape index (κ3) is 3.66. The van der Waals surface area contributed by atoms with Gasteiger partial charge in [-0.3, -0.25) is 0 Å². The average molecular weight is 449 g/mol. The van der Waals surface area contributed by atoms with Crippen LogP contribution < -0.4 is 0 Å². The molecule has 0 spiro atoms. The summed E-state index contributed by atoms with van der Waals surface area (Å²) in [5.74, 6) is 0.382. The van der Waals surface area contributed by atoms with Gasteiger partial charge in [-0.2, -0.15) is 0 Å². The van der Waals surface area contributed by atoms with E-state index >= 15 is 0 Å². The van der Waals surface area contributed by atoms with Crippen molar-refractivity contribution in [3.63, 3.8) is 0 Å². The smallest absolute Gasteiger partial charge is 0.121 e. The van der Waals surface area contributed by atoms with Gasteiger partial charge < -0.3 is 0 Å². The number of nitrogens with zero attached hydrogens (tertiary/aromatic N) is 6. The minimum Gasteiger partial charge on any atom is -0.212 e. The van der Waals surface area contributed by atoms with Crippen molar-refractivity contribution in [1.82, 2.24) is 15.0 Å². The Balaban J connectivity index is 1.84. The van der Waals surface area contributed by atoms with E-state index in [1.807, 2.05) is 4.68 Å². The van der Waals surface area contributed by atoms with Crippen molar-refractivity contribution in [3.05, 3.63) is 93.4 Å². The standard InChI is InChI=1S/C28H28N6/c1-17(2)24-15-21(16-25(18(3)4)26(24)30-32-29)34-28-23-12-8-6-10-20(23)14-13-19-9-5-7-11-22(19)27(28)31-33-34/h5-12,15-18H,13-14H2,1-4H3. The molecule has 0 bridgehead atoms. The van der Waals surface area contributed by atoms with E-state index in [1.54, 1.807) is 0 Å². The summed E-state index contributed by atoms with van der Waals surface area (Å²) in [6.45, 7) is 8.49. The molecule has 5 rings (SSSR count). The third-order valence-electron chi connectivity index (χ3n) is 6.67. The molecule has 1 aliphatic rings. The molecule has 0 radical (unpaired) electrons. The molecular formula is C28H28N6. The Bertz CT molecular complexity index is 1390. The van der Waals surface area contributed by atoms with Crippen molar-refractivity contribution in [1.29, 1.82) is 0 Å². The lowest BCUT2D eigenvalue weighted by Crippen LogP contribution is -2.07. The Morgan fingerprint density at radius 3 is 2.00 bits per heavy atom. The summed E-state index contributed by atoms with van der Waals surface area (Å²) >= 11 is 0. The van der Waals surface area contributed by atoms with Gasteiger partial charge in [0.25, 0.3) is 0 Å². The Labute approximate surface area is 199 Å². The van der Waals surface area contributed by atoms with Crippen LogP contribution in [0.5, 0.6) is 0 Å². The summed E-state index contributed by atoms with van der Waals surface area (Å²) in [7, 11) is 0. The van der Waals surface area contributed by atoms with Gasteiger partial charge >= 0.3 is 0 Å². The summed E-state index contributed by atoms with van der Waals surface area (Å²) < 4.78 is 1.97. The molecule has 0 saturated heterocycles. The van der Waals surface area contributed by atoms with Crippen LogP contribution in [0.15, 0.2) is 65.8 Å². The van der Waals surface area contributed by atoms with Crippen molar-refractivity contribution < 1.29 is 0 Å². The second-order valence-electron chi connectivity index (χ2n) is 9.48. The molecule has 0 unspecified atom stereocenters. The molecule has 0 fully saturated rings. The minimum atomic E-state index is 0.191. The van der Waals surface area contributed by atoms with Gasteiger partial charge in [0, 0.05) is 21.7 Å². The topological polar surface area (TPSA) is 79.5 Å². The summed E-state index contributed by atoms with van der Waals surface area (Å²) in [6.07, 6.45) is 1.93. The van der Waals surface area contributed by atoms with Crippen molar-refractivity contribution in [2.75, 3.05) is 0 Å². The van der Waals surface area contributed by atoms with Gasteiger partial charge in [-0.05, 0) is 64.6 Å². The largest absolute Gasteiger partial charge is 0.212 e. The number of azide groups is 1. The summed E-state index contributed by atoms with van der Waals surface area (Å²) in [5, 5.41) is 13.5. The first kappa shape index (κ1) is 21.9. The van der Waals surface area contributed by atoms with E-state index in [2.05, 4.69) is 104 Å². The average Bonchev–Trinajstić information content (AvgIpc) is 3.26. The molecule has 0 saturated carbocycles. The molecular weight excluding hydrogens is 420 g/mol. The fraction of sp³-hybridized carbons (Fsp3) is 0.286. The fourth-order valence-electron chi connectivity index (χ4n) is 4.92. The van der Waals surface area contributed by atoms with Crippen LogP contribution in [0, 0.1) is 0 Å². The Kier molecular flexibility index (Phi) is 5.68. The van der Waals surface area contributed by atoms with Crippen molar-refractivity contribution in [2.45, 2.75) is 52.4 Å². The molecule has 0 atom stereocenters. The van der Waals surface area contributed by atoms with Gasteiger partial charge in [-0.25, -0.2) is 4.68 Å². The maximum absolute atomic E-state index is 9.23. The zero-order valence-corrected chi connectivity index (χ0v) is 20.0. The summed E-state index contributed by atoms with van der Waals surface area (Å²) in [6, 6.07) is 21.2. The third-order valence-corrected chi connectivity index (χ3v) is 6.67. The highest BCUT2D eigenvalue weighted by atomic mass is 15.4. The Morgan fingerprint density at radius 1 is 0.853 bits per heavy atom. The predicted molar refractivity (Wildman–Crippen MR) is 137 cm³/mol. The SMILES string of the molecule is CC(C)c1cc(-n2nnc3c2-c2ccccc2CCc2ccccc2-3)cc(C(C)C)c1N=[N+]=[N-]. The van der Waals surface area contributed by atoms with Crippen LogP contribution in [-0.4, -0.2) is 15.0 Å². The van der Waals surface area contributed by atoms with Gasteiger partial charge in [0.05, 0.1) is 5.69 Å². The summed E-state index contributed by atoms with van der Waals surface area (Å²) in [4.78, 5) is 3.12. The van der Waals surface area contributed by atoms with Crippen molar-refractivity contribution >= 4 is 5.69 Å². The fourth-order valence-corrected chi connectivity index (χ4v) is 4.92. The van der Waals surface area contributed by atoms with E-state index in [1.165, 1.54) is 11.1 Å². The van der Waals surface area contributed by atoms with Gasteiger partial charge in [0.1, 0.15) is 11.4 Å². The molecule has 6 heteroatoms. The number of fused-ring (bicyclic) bond motifs is 5. The molecule has 1 aliphatic carbocycles. The van der Waals surface area contributed by atoms with Gasteiger partial charge in [-0.1, -0.05) is 86.6 Å². The number of rotatable bonds is 4. The van der Waals surface area contributed by atoms with E-state index in [9.17, 15) is 5.53 Å². The van der Waals surface area contributed by atoms with Crippen molar-refractivity contribution in [2.24, 2.45) is 5.11 Å². The Morgan fingerprint density at radius 2 is 1.41 bits per heavy atom. The molecule has 0 N–H and O–H groups in total. The lowest BCUT2D eigenvalue weighted by molar-refractivity contribution is 0.787. The number of aryl methyl sites for hydroxylation is 2. The highest BCUT2D eigenvalue weighted by Gasteiger charge is 2.25. The van der Waals surface area contributed by atoms with Crippen LogP contribution in [0.25, 0.3) is 38.6 Å². The number of hydrogen-bond acceptors (Lipinski definition) is 3. The van der Waals surface area contributed by atoms with Crippen LogP contribution >= 0.6 is 0 Å². The predicted octanol–water partition coefficient (Wildman–Crippen LogP) is 7.89. The van der Waals surface area contributed by atoms with E-state index < -0.39 is 0 Å². The summed E-state index contributed by atoms with van der Waals surface area (Å²) in [5.41, 5.74) is 19.7. The monoisotopic (exact) mass is 448 g/mol. The van der Waals surface area contributed by atoms with Gasteiger partial charge in [0.2, 0.25) is 0 Å². The molecule has 0 amide bonds. The minimum absolute atomic E-state index is 0.191. The first-order valence-electron chi connectivity index (χ1n) is 11.8. The van der Waals surface area contributed by atoms with Crippen LogP contribution in [0.4, 0.5) is 5.69 Å². The van der Waals surface area contributed by atoms with E-state index in [0.717, 1.165) is 57.9 Å². The maximum Gasteiger partial charge on any atom is 0.121 e. The molecule has 170 valence electrons. The van der Waals surface area contributed by atoms with Crippen molar-refractivity contribution in [3.8, 4) is 28.2 Å². The highest BCUT2D eigenvalue weighted by Crippen LogP contribution is 2.41. The second-order valence-corrected chi connectivity index (χ2v) is 9.48. The molecule has 3 aromatic carbocycles. The van der Waals surface area contributed by atoms with Crippen LogP contribution in [-0.2, 0) is 12.8 Å². The number of aromatic nitrogens is 3. The maximum atomic E-state index is 9.23. The Hall–Kier alpha value is -3.89. The highest BCUT2D eigenvalue weighted by molar-refractivity contribution is 5.83. The normalized spacial score (nSPS) is 12.4. The number of benzene rings is 3. The molecule has 34 heavy (non-hydrogen) atoms. The van der Waals surface area contributed by atoms with Crippen LogP contribution in [0.1, 0.15) is 61.8 Å². The van der Waals surface area contributed by atoms with E-state index in [4.69, 9.17) is 5.10 Å². The second kappa shape index (κ2) is 8.81. The molecule has 0 aliphatic heterocycles. The van der Waals surface area contributed by atoms with E-state index in [-0.39, 0.29) is 11.8 Å². The molecule has 6 nitrogen and oxygen atoms in total. The molecule has 1 aromatic heterocycles. The van der Waals surface area contributed by atoms with Crippen LogP contribution in [0.2, 0.25) is 0 Å².